The smallest absolute Gasteiger partial charge is 0.387 e. The van der Waals surface area contributed by atoms with Crippen molar-refractivity contribution in [2.45, 2.75) is 32.9 Å². The van der Waals surface area contributed by atoms with Crippen LogP contribution >= 0.6 is 0 Å². The molecule has 1 N–H and O–H groups in total. The average Bonchev–Trinajstić information content (AvgIpc) is 2.46. The van der Waals surface area contributed by atoms with Crippen molar-refractivity contribution in [3.8, 4) is 5.75 Å². The SMILES string of the molecule is C[C@H]1CCCN(S(=O)(=O)NCc2ccccc2OC(F)F)C1. The summed E-state index contributed by atoms with van der Waals surface area (Å²) in [5.41, 5.74) is 0.372. The standard InChI is InChI=1S/C14H20F2N2O3S/c1-11-5-4-8-18(10-11)22(19,20)17-9-12-6-2-3-7-13(12)21-14(15)16/h2-3,6-7,11,14,17H,4-5,8-10H2,1H3/t11-/m0/s1. The zero-order chi connectivity index (χ0) is 16.2. The van der Waals surface area contributed by atoms with Gasteiger partial charge in [0.25, 0.3) is 10.2 Å². The molecule has 1 heterocycles. The lowest BCUT2D eigenvalue weighted by Crippen LogP contribution is -2.45. The molecular formula is C14H20F2N2O3S. The summed E-state index contributed by atoms with van der Waals surface area (Å²) in [6, 6.07) is 6.14. The van der Waals surface area contributed by atoms with Crippen molar-refractivity contribution >= 4 is 10.2 Å². The van der Waals surface area contributed by atoms with Gasteiger partial charge in [-0.05, 0) is 24.8 Å². The second-order valence-corrected chi connectivity index (χ2v) is 7.17. The van der Waals surface area contributed by atoms with E-state index in [0.717, 1.165) is 12.8 Å². The highest BCUT2D eigenvalue weighted by molar-refractivity contribution is 7.87. The Labute approximate surface area is 129 Å². The summed E-state index contributed by atoms with van der Waals surface area (Å²) in [6.45, 7) is -0.0659. The molecule has 0 unspecified atom stereocenters. The van der Waals surface area contributed by atoms with E-state index in [2.05, 4.69) is 9.46 Å². The maximum atomic E-state index is 12.3. The van der Waals surface area contributed by atoms with E-state index < -0.39 is 16.8 Å². The van der Waals surface area contributed by atoms with E-state index in [-0.39, 0.29) is 12.3 Å². The van der Waals surface area contributed by atoms with Gasteiger partial charge in [-0.2, -0.15) is 26.2 Å². The monoisotopic (exact) mass is 334 g/mol. The lowest BCUT2D eigenvalue weighted by Gasteiger charge is -2.30. The van der Waals surface area contributed by atoms with Gasteiger partial charge in [-0.25, -0.2) is 0 Å². The molecule has 0 aromatic heterocycles. The Balaban J connectivity index is 2.03. The maximum Gasteiger partial charge on any atom is 0.387 e. The number of ether oxygens (including phenoxy) is 1. The molecule has 0 amide bonds. The Morgan fingerprint density at radius 1 is 1.41 bits per heavy atom. The Morgan fingerprint density at radius 2 is 2.14 bits per heavy atom. The van der Waals surface area contributed by atoms with Crippen LogP contribution in [0.3, 0.4) is 0 Å². The number of alkyl halides is 2. The van der Waals surface area contributed by atoms with Gasteiger partial charge in [0.15, 0.2) is 0 Å². The fourth-order valence-corrected chi connectivity index (χ4v) is 3.83. The molecule has 0 saturated carbocycles. The van der Waals surface area contributed by atoms with E-state index in [1.54, 1.807) is 18.2 Å². The summed E-state index contributed by atoms with van der Waals surface area (Å²) >= 11 is 0. The average molecular weight is 334 g/mol. The van der Waals surface area contributed by atoms with E-state index in [0.29, 0.717) is 24.6 Å². The second-order valence-electron chi connectivity index (χ2n) is 5.42. The summed E-state index contributed by atoms with van der Waals surface area (Å²) in [7, 11) is -3.62. The first kappa shape index (κ1) is 17.1. The normalized spacial score (nSPS) is 20.3. The Kier molecular flexibility index (Phi) is 5.71. The molecule has 1 aliphatic rings. The Morgan fingerprint density at radius 3 is 2.82 bits per heavy atom. The number of para-hydroxylation sites is 1. The number of nitrogens with one attached hydrogen (secondary N) is 1. The number of nitrogens with zero attached hydrogens (tertiary/aromatic N) is 1. The number of hydrogen-bond acceptors (Lipinski definition) is 3. The third-order valence-electron chi connectivity index (χ3n) is 3.59. The zero-order valence-electron chi connectivity index (χ0n) is 12.3. The fraction of sp³-hybridized carbons (Fsp3) is 0.571. The van der Waals surface area contributed by atoms with Gasteiger partial charge < -0.3 is 4.74 Å². The van der Waals surface area contributed by atoms with E-state index in [1.165, 1.54) is 10.4 Å². The van der Waals surface area contributed by atoms with Crippen molar-refractivity contribution in [2.75, 3.05) is 13.1 Å². The van der Waals surface area contributed by atoms with Crippen LogP contribution in [-0.2, 0) is 16.8 Å². The van der Waals surface area contributed by atoms with Gasteiger partial charge >= 0.3 is 6.61 Å². The van der Waals surface area contributed by atoms with Crippen LogP contribution in [0, 0.1) is 5.92 Å². The molecule has 22 heavy (non-hydrogen) atoms. The van der Waals surface area contributed by atoms with Crippen LogP contribution in [0.2, 0.25) is 0 Å². The first-order chi connectivity index (χ1) is 10.4. The number of halogens is 2. The third-order valence-corrected chi connectivity index (χ3v) is 5.11. The molecule has 0 aliphatic carbocycles. The second kappa shape index (κ2) is 7.34. The van der Waals surface area contributed by atoms with Gasteiger partial charge in [0, 0.05) is 25.2 Å². The molecule has 1 atom stereocenters. The van der Waals surface area contributed by atoms with Gasteiger partial charge in [0.05, 0.1) is 0 Å². The van der Waals surface area contributed by atoms with E-state index in [9.17, 15) is 17.2 Å². The maximum absolute atomic E-state index is 12.3. The van der Waals surface area contributed by atoms with Crippen molar-refractivity contribution in [3.05, 3.63) is 29.8 Å². The number of piperidine rings is 1. The van der Waals surface area contributed by atoms with Crippen molar-refractivity contribution in [1.82, 2.24) is 9.03 Å². The van der Waals surface area contributed by atoms with Gasteiger partial charge in [0.1, 0.15) is 5.75 Å². The molecule has 1 aliphatic heterocycles. The minimum absolute atomic E-state index is 0.0211. The summed E-state index contributed by atoms with van der Waals surface area (Å²) in [5, 5.41) is 0. The van der Waals surface area contributed by atoms with Crippen LogP contribution in [0.4, 0.5) is 8.78 Å². The molecule has 0 spiro atoms. The molecular weight excluding hydrogens is 314 g/mol. The predicted octanol–water partition coefficient (Wildman–Crippen LogP) is 2.35. The largest absolute Gasteiger partial charge is 0.434 e. The molecule has 2 rings (SSSR count). The topological polar surface area (TPSA) is 58.6 Å². The van der Waals surface area contributed by atoms with E-state index >= 15 is 0 Å². The summed E-state index contributed by atoms with van der Waals surface area (Å²) < 4.78 is 57.5. The van der Waals surface area contributed by atoms with E-state index in [4.69, 9.17) is 0 Å². The summed E-state index contributed by atoms with van der Waals surface area (Å²) in [4.78, 5) is 0. The minimum atomic E-state index is -3.62. The van der Waals surface area contributed by atoms with Crippen molar-refractivity contribution in [2.24, 2.45) is 5.92 Å². The lowest BCUT2D eigenvalue weighted by molar-refractivity contribution is -0.0504. The van der Waals surface area contributed by atoms with Crippen molar-refractivity contribution in [3.63, 3.8) is 0 Å². The van der Waals surface area contributed by atoms with Crippen molar-refractivity contribution < 1.29 is 21.9 Å². The highest BCUT2D eigenvalue weighted by atomic mass is 32.2. The lowest BCUT2D eigenvalue weighted by atomic mass is 10.0. The number of benzene rings is 1. The Bertz CT molecular complexity index is 596. The zero-order valence-corrected chi connectivity index (χ0v) is 13.2. The van der Waals surface area contributed by atoms with E-state index in [1.807, 2.05) is 6.92 Å². The summed E-state index contributed by atoms with van der Waals surface area (Å²) in [5.74, 6) is 0.298. The van der Waals surface area contributed by atoms with Crippen LogP contribution in [0.25, 0.3) is 0 Å². The first-order valence-corrected chi connectivity index (χ1v) is 8.60. The molecule has 0 bridgehead atoms. The van der Waals surface area contributed by atoms with Crippen LogP contribution in [0.15, 0.2) is 24.3 Å². The van der Waals surface area contributed by atoms with Crippen LogP contribution in [-0.4, -0.2) is 32.4 Å². The van der Waals surface area contributed by atoms with Crippen molar-refractivity contribution in [1.29, 1.82) is 0 Å². The molecule has 1 aromatic carbocycles. The van der Waals surface area contributed by atoms with Crippen LogP contribution in [0.1, 0.15) is 25.3 Å². The number of hydrogen-bond donors (Lipinski definition) is 1. The fourth-order valence-electron chi connectivity index (χ4n) is 2.49. The van der Waals surface area contributed by atoms with Gasteiger partial charge in [0.2, 0.25) is 0 Å². The van der Waals surface area contributed by atoms with Crippen LogP contribution < -0.4 is 9.46 Å². The molecule has 1 fully saturated rings. The molecule has 1 aromatic rings. The molecule has 8 heteroatoms. The first-order valence-electron chi connectivity index (χ1n) is 7.16. The minimum Gasteiger partial charge on any atom is -0.434 e. The highest BCUT2D eigenvalue weighted by Crippen LogP contribution is 2.21. The summed E-state index contributed by atoms with van der Waals surface area (Å²) in [6.07, 6.45) is 1.84. The van der Waals surface area contributed by atoms with Crippen LogP contribution in [0.5, 0.6) is 5.75 Å². The molecule has 5 nitrogen and oxygen atoms in total. The molecule has 0 radical (unpaired) electrons. The number of rotatable bonds is 6. The third kappa shape index (κ3) is 4.62. The molecule has 124 valence electrons. The highest BCUT2D eigenvalue weighted by Gasteiger charge is 2.26. The van der Waals surface area contributed by atoms with Gasteiger partial charge in [-0.3, -0.25) is 0 Å². The van der Waals surface area contributed by atoms with Gasteiger partial charge in [-0.1, -0.05) is 25.1 Å². The predicted molar refractivity (Wildman–Crippen MR) is 78.8 cm³/mol. The molecule has 1 saturated heterocycles. The van der Waals surface area contributed by atoms with Gasteiger partial charge in [-0.15, -0.1) is 0 Å². The quantitative estimate of drug-likeness (QED) is 0.869. The Hall–Kier alpha value is -1.25.